The lowest BCUT2D eigenvalue weighted by Gasteiger charge is -2.35. The van der Waals surface area contributed by atoms with Crippen LogP contribution in [-0.2, 0) is 4.79 Å². The molecule has 0 aliphatic carbocycles. The van der Waals surface area contributed by atoms with Crippen LogP contribution in [0.4, 0.5) is 14.6 Å². The lowest BCUT2D eigenvalue weighted by Crippen LogP contribution is -2.51. The van der Waals surface area contributed by atoms with Gasteiger partial charge in [-0.3, -0.25) is 9.78 Å². The maximum Gasteiger partial charge on any atom is 0.319 e. The number of hydrogen-bond acceptors (Lipinski definition) is 8. The minimum absolute atomic E-state index is 0.0140. The minimum Gasteiger partial charge on any atom is -0.462 e. The number of amides is 1. The van der Waals surface area contributed by atoms with Gasteiger partial charge in [0.15, 0.2) is 5.82 Å². The molecular formula is C36H38F2N6O3. The molecule has 3 atom stereocenters. The summed E-state index contributed by atoms with van der Waals surface area (Å²) >= 11 is 0. The molecule has 6 rings (SSSR count). The molecule has 0 saturated carbocycles. The molecule has 4 aromatic rings. The smallest absolute Gasteiger partial charge is 0.319 e. The first-order valence-corrected chi connectivity index (χ1v) is 15.8. The van der Waals surface area contributed by atoms with Crippen LogP contribution in [0, 0.1) is 24.0 Å². The lowest BCUT2D eigenvalue weighted by atomic mass is 9.96. The average Bonchev–Trinajstić information content (AvgIpc) is 3.36. The number of likely N-dealkylation sites (N-methyl/N-ethyl adjacent to an activating group) is 2. The van der Waals surface area contributed by atoms with Crippen molar-refractivity contribution in [1.29, 1.82) is 0 Å². The number of aliphatic hydroxyl groups is 1. The standard InChI is InChI=1S/C36H38F2N6O3/c1-6-24-27(37)15-14-22-11-10-13-25(30(22)24)32-31(38)33-26(19-39-32)34(41-35(40-33)47-21-23-12-8-9-17-42(23)4)43(5)20-28-36(3,46)16-18-44(28)29(45)7-2/h1,7,10-11,13-15,19,23,28,46H,2,8-9,12,16-18,20-21H2,3-5H3/t23-,28+,36?/m0/s1. The Morgan fingerprint density at radius 2 is 2.06 bits per heavy atom. The molecule has 4 heterocycles. The van der Waals surface area contributed by atoms with Crippen LogP contribution in [0.3, 0.4) is 0 Å². The number of piperidine rings is 1. The number of fused-ring (bicyclic) bond motifs is 2. The first kappa shape index (κ1) is 32.3. The van der Waals surface area contributed by atoms with Crippen molar-refractivity contribution in [2.24, 2.45) is 0 Å². The van der Waals surface area contributed by atoms with Crippen molar-refractivity contribution in [3.8, 4) is 29.6 Å². The minimum atomic E-state index is -1.17. The monoisotopic (exact) mass is 640 g/mol. The highest BCUT2D eigenvalue weighted by atomic mass is 19.1. The topological polar surface area (TPSA) is 94.9 Å². The Morgan fingerprint density at radius 3 is 2.81 bits per heavy atom. The Morgan fingerprint density at radius 1 is 1.26 bits per heavy atom. The largest absolute Gasteiger partial charge is 0.462 e. The molecule has 47 heavy (non-hydrogen) atoms. The molecular weight excluding hydrogens is 602 g/mol. The molecule has 1 N–H and O–H groups in total. The van der Waals surface area contributed by atoms with E-state index in [1.165, 1.54) is 18.3 Å². The fraction of sp³-hybridized carbons (Fsp3) is 0.389. The van der Waals surface area contributed by atoms with Gasteiger partial charge in [0.1, 0.15) is 29.5 Å². The predicted molar refractivity (Wildman–Crippen MR) is 178 cm³/mol. The van der Waals surface area contributed by atoms with Crippen molar-refractivity contribution in [2.75, 3.05) is 45.2 Å². The fourth-order valence-electron chi connectivity index (χ4n) is 6.81. The van der Waals surface area contributed by atoms with Gasteiger partial charge in [-0.1, -0.05) is 43.2 Å². The van der Waals surface area contributed by atoms with Crippen LogP contribution in [0.15, 0.2) is 49.2 Å². The second kappa shape index (κ2) is 12.9. The molecule has 1 unspecified atom stereocenters. The van der Waals surface area contributed by atoms with Gasteiger partial charge in [-0.15, -0.1) is 6.42 Å². The number of terminal acetylenes is 1. The molecule has 2 fully saturated rings. The molecule has 2 aliphatic rings. The van der Waals surface area contributed by atoms with Crippen LogP contribution in [-0.4, -0.2) is 93.8 Å². The number of carbonyl (C=O) groups is 1. The van der Waals surface area contributed by atoms with Crippen LogP contribution >= 0.6 is 0 Å². The SMILES string of the molecule is C#Cc1c(F)ccc2cccc(-c3ncc4c(N(C)C[C@H]5N(C(=O)C=C)CCC5(C)O)nc(OC[C@@H]5CCCCN5C)nc4c3F)c12. The zero-order valence-corrected chi connectivity index (χ0v) is 26.8. The van der Waals surface area contributed by atoms with E-state index in [4.69, 9.17) is 16.1 Å². The third-order valence-corrected chi connectivity index (χ3v) is 9.58. The van der Waals surface area contributed by atoms with Gasteiger partial charge in [0, 0.05) is 43.3 Å². The van der Waals surface area contributed by atoms with Gasteiger partial charge in [0.2, 0.25) is 5.91 Å². The number of ether oxygens (including phenoxy) is 1. The van der Waals surface area contributed by atoms with Gasteiger partial charge < -0.3 is 24.5 Å². The van der Waals surface area contributed by atoms with E-state index >= 15 is 4.39 Å². The molecule has 0 spiro atoms. The molecule has 2 aromatic heterocycles. The Kier molecular flexibility index (Phi) is 8.83. The zero-order chi connectivity index (χ0) is 33.5. The number of aromatic nitrogens is 3. The van der Waals surface area contributed by atoms with E-state index in [1.807, 2.05) is 7.05 Å². The first-order valence-electron chi connectivity index (χ1n) is 15.8. The van der Waals surface area contributed by atoms with Crippen LogP contribution in [0.25, 0.3) is 32.9 Å². The maximum atomic E-state index is 16.8. The summed E-state index contributed by atoms with van der Waals surface area (Å²) in [7, 11) is 3.80. The van der Waals surface area contributed by atoms with Crippen LogP contribution in [0.2, 0.25) is 0 Å². The van der Waals surface area contributed by atoms with E-state index in [0.29, 0.717) is 47.1 Å². The summed E-state index contributed by atoms with van der Waals surface area (Å²) in [5, 5.41) is 12.5. The fourth-order valence-corrected chi connectivity index (χ4v) is 6.81. The van der Waals surface area contributed by atoms with Crippen molar-refractivity contribution in [3.63, 3.8) is 0 Å². The summed E-state index contributed by atoms with van der Waals surface area (Å²) in [4.78, 5) is 32.0. The molecule has 9 nitrogen and oxygen atoms in total. The van der Waals surface area contributed by atoms with Crippen molar-refractivity contribution >= 4 is 33.4 Å². The molecule has 1 amide bonds. The number of halogens is 2. The number of anilines is 1. The van der Waals surface area contributed by atoms with Crippen molar-refractivity contribution in [3.05, 3.63) is 66.4 Å². The van der Waals surface area contributed by atoms with Crippen LogP contribution in [0.5, 0.6) is 6.01 Å². The molecule has 2 aromatic carbocycles. The van der Waals surface area contributed by atoms with Crippen molar-refractivity contribution < 1.29 is 23.4 Å². The van der Waals surface area contributed by atoms with Gasteiger partial charge in [-0.05, 0) is 57.3 Å². The third kappa shape index (κ3) is 5.99. The van der Waals surface area contributed by atoms with Crippen LogP contribution < -0.4 is 9.64 Å². The Bertz CT molecular complexity index is 1910. The number of likely N-dealkylation sites (tertiary alicyclic amines) is 2. The number of rotatable bonds is 8. The van der Waals surface area contributed by atoms with Gasteiger partial charge >= 0.3 is 6.01 Å². The van der Waals surface area contributed by atoms with E-state index in [1.54, 1.807) is 48.0 Å². The molecule has 2 saturated heterocycles. The highest BCUT2D eigenvalue weighted by molar-refractivity contribution is 6.02. The summed E-state index contributed by atoms with van der Waals surface area (Å²) in [6, 6.07) is 7.60. The Labute approximate surface area is 272 Å². The number of nitrogens with zero attached hydrogens (tertiary/aromatic N) is 6. The third-order valence-electron chi connectivity index (χ3n) is 9.58. The zero-order valence-electron chi connectivity index (χ0n) is 26.8. The van der Waals surface area contributed by atoms with Gasteiger partial charge in [-0.25, -0.2) is 8.78 Å². The highest BCUT2D eigenvalue weighted by Crippen LogP contribution is 2.37. The molecule has 2 aliphatic heterocycles. The predicted octanol–water partition coefficient (Wildman–Crippen LogP) is 4.94. The van der Waals surface area contributed by atoms with E-state index in [0.717, 1.165) is 25.8 Å². The maximum absolute atomic E-state index is 16.8. The number of pyridine rings is 1. The van der Waals surface area contributed by atoms with Crippen molar-refractivity contribution in [2.45, 2.75) is 50.3 Å². The number of hydrogen-bond donors (Lipinski definition) is 1. The second-order valence-electron chi connectivity index (χ2n) is 12.7. The van der Waals surface area contributed by atoms with E-state index in [-0.39, 0.29) is 41.3 Å². The summed E-state index contributed by atoms with van der Waals surface area (Å²) in [5.74, 6) is 1.12. The number of carbonyl (C=O) groups excluding carboxylic acids is 1. The molecule has 0 radical (unpaired) electrons. The molecule has 11 heteroatoms. The van der Waals surface area contributed by atoms with Gasteiger partial charge in [0.05, 0.1) is 22.6 Å². The second-order valence-corrected chi connectivity index (χ2v) is 12.7. The summed E-state index contributed by atoms with van der Waals surface area (Å²) in [6.45, 7) is 7.13. The lowest BCUT2D eigenvalue weighted by molar-refractivity contribution is -0.128. The quantitative estimate of drug-likeness (QED) is 0.214. The van der Waals surface area contributed by atoms with Gasteiger partial charge in [0.25, 0.3) is 0 Å². The Balaban J connectivity index is 1.47. The summed E-state index contributed by atoms with van der Waals surface area (Å²) in [6.07, 6.45) is 12.0. The van der Waals surface area contributed by atoms with Crippen LogP contribution in [0.1, 0.15) is 38.2 Å². The first-order chi connectivity index (χ1) is 22.5. The van der Waals surface area contributed by atoms with Crippen molar-refractivity contribution in [1.82, 2.24) is 24.8 Å². The Hall–Kier alpha value is -4.66. The van der Waals surface area contributed by atoms with Gasteiger partial charge in [-0.2, -0.15) is 9.97 Å². The average molecular weight is 641 g/mol. The number of benzene rings is 2. The summed E-state index contributed by atoms with van der Waals surface area (Å²) < 4.78 is 37.7. The molecule has 244 valence electrons. The normalized spacial score (nSPS) is 21.6. The van der Waals surface area contributed by atoms with E-state index in [2.05, 4.69) is 27.4 Å². The summed E-state index contributed by atoms with van der Waals surface area (Å²) in [5.41, 5.74) is -0.904. The van der Waals surface area contributed by atoms with E-state index < -0.39 is 23.3 Å². The molecule has 0 bridgehead atoms. The van der Waals surface area contributed by atoms with E-state index in [9.17, 15) is 14.3 Å². The highest BCUT2D eigenvalue weighted by Gasteiger charge is 2.44.